The number of carbonyl (C=O) groups excluding carboxylic acids is 1. The van der Waals surface area contributed by atoms with Gasteiger partial charge in [0.1, 0.15) is 0 Å². The van der Waals surface area contributed by atoms with Crippen molar-refractivity contribution in [3.05, 3.63) is 0 Å². The van der Waals surface area contributed by atoms with Crippen molar-refractivity contribution in [3.8, 4) is 0 Å². The summed E-state index contributed by atoms with van der Waals surface area (Å²) in [6.45, 7) is 7.56. The second kappa shape index (κ2) is 6.21. The number of amides is 1. The van der Waals surface area contributed by atoms with E-state index in [1.54, 1.807) is 4.90 Å². The molecule has 16 heavy (non-hydrogen) atoms. The van der Waals surface area contributed by atoms with Gasteiger partial charge < -0.3 is 4.90 Å². The Bertz CT molecular complexity index is 226. The molecule has 0 heterocycles. The maximum absolute atomic E-state index is 12.1. The molecule has 0 aliphatic heterocycles. The van der Waals surface area contributed by atoms with Gasteiger partial charge in [-0.25, -0.2) is 0 Å². The molecule has 0 saturated heterocycles. The van der Waals surface area contributed by atoms with E-state index >= 15 is 0 Å². The van der Waals surface area contributed by atoms with Gasteiger partial charge in [0.25, 0.3) is 0 Å². The van der Waals surface area contributed by atoms with Crippen molar-refractivity contribution in [3.63, 3.8) is 0 Å². The molecule has 0 aromatic heterocycles. The van der Waals surface area contributed by atoms with Gasteiger partial charge in [0.2, 0.25) is 5.91 Å². The smallest absolute Gasteiger partial charge is 0.228 e. The second-order valence-corrected chi connectivity index (χ2v) is 5.46. The van der Waals surface area contributed by atoms with E-state index in [0.29, 0.717) is 6.67 Å². The zero-order chi connectivity index (χ0) is 12.9. The van der Waals surface area contributed by atoms with Crippen molar-refractivity contribution in [1.82, 2.24) is 14.7 Å². The van der Waals surface area contributed by atoms with E-state index in [9.17, 15) is 4.79 Å². The van der Waals surface area contributed by atoms with Crippen LogP contribution in [0.2, 0.25) is 0 Å². The standard InChI is InChI=1S/C12H27N3O/c1-8-12(2,3)11(16)15(7)10-14(6)9-13(4)5/h8-10H2,1-7H3. The molecule has 0 radical (unpaired) electrons. The molecule has 96 valence electrons. The highest BCUT2D eigenvalue weighted by molar-refractivity contribution is 5.81. The van der Waals surface area contributed by atoms with Gasteiger partial charge in [-0.05, 0) is 27.6 Å². The number of nitrogens with zero attached hydrogens (tertiary/aromatic N) is 3. The second-order valence-electron chi connectivity index (χ2n) is 5.46. The SMILES string of the molecule is CCC(C)(C)C(=O)N(C)CN(C)CN(C)C. The molecule has 0 aromatic rings. The summed E-state index contributed by atoms with van der Waals surface area (Å²) in [7, 11) is 7.93. The van der Waals surface area contributed by atoms with E-state index in [1.165, 1.54) is 0 Å². The molecular weight excluding hydrogens is 202 g/mol. The van der Waals surface area contributed by atoms with E-state index in [4.69, 9.17) is 0 Å². The summed E-state index contributed by atoms with van der Waals surface area (Å²) < 4.78 is 0. The third-order valence-corrected chi connectivity index (χ3v) is 2.79. The third-order valence-electron chi connectivity index (χ3n) is 2.79. The lowest BCUT2D eigenvalue weighted by Crippen LogP contribution is -2.45. The molecule has 0 aliphatic rings. The Morgan fingerprint density at radius 1 is 1.06 bits per heavy atom. The van der Waals surface area contributed by atoms with Crippen molar-refractivity contribution < 1.29 is 4.79 Å². The third kappa shape index (κ3) is 4.94. The van der Waals surface area contributed by atoms with Gasteiger partial charge in [-0.3, -0.25) is 14.6 Å². The molecule has 0 atom stereocenters. The van der Waals surface area contributed by atoms with Crippen LogP contribution in [-0.4, -0.2) is 62.1 Å². The molecule has 0 aromatic carbocycles. The van der Waals surface area contributed by atoms with Gasteiger partial charge in [-0.1, -0.05) is 20.8 Å². The molecule has 0 unspecified atom stereocenters. The quantitative estimate of drug-likeness (QED) is 0.642. The summed E-state index contributed by atoms with van der Waals surface area (Å²) >= 11 is 0. The van der Waals surface area contributed by atoms with Crippen molar-refractivity contribution in [2.75, 3.05) is 41.5 Å². The van der Waals surface area contributed by atoms with Crippen molar-refractivity contribution in [2.45, 2.75) is 27.2 Å². The highest BCUT2D eigenvalue weighted by atomic mass is 16.2. The Kier molecular flexibility index (Phi) is 5.97. The van der Waals surface area contributed by atoms with E-state index < -0.39 is 0 Å². The minimum absolute atomic E-state index is 0.209. The van der Waals surface area contributed by atoms with Gasteiger partial charge in [0.05, 0.1) is 13.3 Å². The molecule has 4 nitrogen and oxygen atoms in total. The van der Waals surface area contributed by atoms with Crippen LogP contribution in [0.15, 0.2) is 0 Å². The normalized spacial score (nSPS) is 12.3. The zero-order valence-corrected chi connectivity index (χ0v) is 11.9. The van der Waals surface area contributed by atoms with E-state index in [0.717, 1.165) is 13.1 Å². The topological polar surface area (TPSA) is 26.8 Å². The molecule has 0 bridgehead atoms. The monoisotopic (exact) mass is 229 g/mol. The van der Waals surface area contributed by atoms with Gasteiger partial charge >= 0.3 is 0 Å². The first-order valence-corrected chi connectivity index (χ1v) is 5.79. The summed E-state index contributed by atoms with van der Waals surface area (Å²) in [5, 5.41) is 0. The van der Waals surface area contributed by atoms with Crippen molar-refractivity contribution in [2.24, 2.45) is 5.41 Å². The molecule has 0 saturated carbocycles. The predicted molar refractivity (Wildman–Crippen MR) is 68.0 cm³/mol. The van der Waals surface area contributed by atoms with Crippen LogP contribution in [0, 0.1) is 5.41 Å². The molecule has 0 rings (SSSR count). The Morgan fingerprint density at radius 3 is 1.94 bits per heavy atom. The summed E-state index contributed by atoms with van der Waals surface area (Å²) in [6, 6.07) is 0. The molecular formula is C12H27N3O. The van der Waals surface area contributed by atoms with Crippen molar-refractivity contribution >= 4 is 5.91 Å². The minimum atomic E-state index is -0.256. The van der Waals surface area contributed by atoms with Crippen LogP contribution < -0.4 is 0 Å². The fourth-order valence-corrected chi connectivity index (χ4v) is 1.62. The molecule has 0 spiro atoms. The number of carbonyl (C=O) groups is 1. The number of hydrogen-bond acceptors (Lipinski definition) is 3. The fraction of sp³-hybridized carbons (Fsp3) is 0.917. The molecule has 0 fully saturated rings. The van der Waals surface area contributed by atoms with Crippen LogP contribution in [0.4, 0.5) is 0 Å². The van der Waals surface area contributed by atoms with Crippen LogP contribution in [0.3, 0.4) is 0 Å². The lowest BCUT2D eigenvalue weighted by Gasteiger charge is -2.32. The summed E-state index contributed by atoms with van der Waals surface area (Å²) in [6.07, 6.45) is 0.869. The van der Waals surface area contributed by atoms with Crippen LogP contribution in [0.1, 0.15) is 27.2 Å². The number of hydrogen-bond donors (Lipinski definition) is 0. The van der Waals surface area contributed by atoms with E-state index in [1.807, 2.05) is 42.0 Å². The predicted octanol–water partition coefficient (Wildman–Crippen LogP) is 1.29. The maximum atomic E-state index is 12.1. The molecule has 1 amide bonds. The lowest BCUT2D eigenvalue weighted by molar-refractivity contribution is -0.141. The maximum Gasteiger partial charge on any atom is 0.228 e. The summed E-state index contributed by atoms with van der Waals surface area (Å²) in [4.78, 5) is 18.1. The van der Waals surface area contributed by atoms with Gasteiger partial charge in [-0.2, -0.15) is 0 Å². The average molecular weight is 229 g/mol. The van der Waals surface area contributed by atoms with Gasteiger partial charge in [-0.15, -0.1) is 0 Å². The average Bonchev–Trinajstić information content (AvgIpc) is 2.14. The van der Waals surface area contributed by atoms with Gasteiger partial charge in [0, 0.05) is 12.5 Å². The number of rotatable bonds is 6. The highest BCUT2D eigenvalue weighted by Crippen LogP contribution is 2.22. The van der Waals surface area contributed by atoms with Gasteiger partial charge in [0.15, 0.2) is 0 Å². The molecule has 0 N–H and O–H groups in total. The Labute approximate surface area is 100 Å². The minimum Gasteiger partial charge on any atom is -0.332 e. The van der Waals surface area contributed by atoms with E-state index in [-0.39, 0.29) is 11.3 Å². The Hall–Kier alpha value is -0.610. The van der Waals surface area contributed by atoms with Crippen LogP contribution >= 0.6 is 0 Å². The first kappa shape index (κ1) is 15.4. The Balaban J connectivity index is 4.25. The zero-order valence-electron chi connectivity index (χ0n) is 11.9. The first-order valence-electron chi connectivity index (χ1n) is 5.79. The van der Waals surface area contributed by atoms with Crippen molar-refractivity contribution in [1.29, 1.82) is 0 Å². The lowest BCUT2D eigenvalue weighted by atomic mass is 9.89. The first-order chi connectivity index (χ1) is 7.20. The summed E-state index contributed by atoms with van der Waals surface area (Å²) in [5.74, 6) is 0.209. The van der Waals surface area contributed by atoms with Crippen LogP contribution in [0.25, 0.3) is 0 Å². The van der Waals surface area contributed by atoms with Crippen LogP contribution in [-0.2, 0) is 4.79 Å². The highest BCUT2D eigenvalue weighted by Gasteiger charge is 2.28. The molecule has 0 aliphatic carbocycles. The largest absolute Gasteiger partial charge is 0.332 e. The van der Waals surface area contributed by atoms with E-state index in [2.05, 4.69) is 16.7 Å². The Morgan fingerprint density at radius 2 is 1.56 bits per heavy atom. The summed E-state index contributed by atoms with van der Waals surface area (Å²) in [5.41, 5.74) is -0.256. The fourth-order valence-electron chi connectivity index (χ4n) is 1.62. The van der Waals surface area contributed by atoms with Crippen LogP contribution in [0.5, 0.6) is 0 Å². The molecule has 4 heteroatoms.